The summed E-state index contributed by atoms with van der Waals surface area (Å²) in [4.78, 5) is -1.63. The van der Waals surface area contributed by atoms with Gasteiger partial charge in [-0.25, -0.2) is 16.8 Å². The molecular formula is C12H14CaO12S2. The van der Waals surface area contributed by atoms with Crippen LogP contribution in [0, 0.1) is 0 Å². The Labute approximate surface area is 183 Å². The first-order chi connectivity index (χ1) is 10.8. The van der Waals surface area contributed by atoms with E-state index in [0.717, 1.165) is 24.3 Å². The van der Waals surface area contributed by atoms with Gasteiger partial charge in [-0.2, -0.15) is 0 Å². The van der Waals surface area contributed by atoms with Gasteiger partial charge in [0.1, 0.15) is 43.2 Å². The van der Waals surface area contributed by atoms with E-state index >= 15 is 0 Å². The molecule has 0 aliphatic carbocycles. The first kappa shape index (κ1) is 30.4. The van der Waals surface area contributed by atoms with E-state index in [1.165, 1.54) is 0 Å². The summed E-state index contributed by atoms with van der Waals surface area (Å²) in [5, 5.41) is 35.3. The molecule has 0 unspecified atom stereocenters. The molecule has 2 rings (SSSR count). The molecule has 0 radical (unpaired) electrons. The van der Waals surface area contributed by atoms with E-state index in [1.54, 1.807) is 0 Å². The van der Waals surface area contributed by atoms with Crippen molar-refractivity contribution in [2.45, 2.75) is 9.79 Å². The first-order valence-corrected chi connectivity index (χ1v) is 8.60. The van der Waals surface area contributed by atoms with Crippen LogP contribution in [0.1, 0.15) is 0 Å². The largest absolute Gasteiger partial charge is 2.00 e. The van der Waals surface area contributed by atoms with Crippen molar-refractivity contribution in [1.29, 1.82) is 0 Å². The number of aromatic hydroxyl groups is 4. The maximum Gasteiger partial charge on any atom is 2.00 e. The molecule has 0 saturated carbocycles. The van der Waals surface area contributed by atoms with E-state index in [1.807, 2.05) is 0 Å². The smallest absolute Gasteiger partial charge is 0.744 e. The Hall–Kier alpha value is -1.36. The number of benzene rings is 2. The van der Waals surface area contributed by atoms with E-state index in [9.17, 15) is 25.9 Å². The van der Waals surface area contributed by atoms with E-state index in [4.69, 9.17) is 20.4 Å². The molecule has 0 aliphatic rings. The Morgan fingerprint density at radius 3 is 1.07 bits per heavy atom. The zero-order valence-electron chi connectivity index (χ0n) is 13.2. The Morgan fingerprint density at radius 2 is 0.889 bits per heavy atom. The van der Waals surface area contributed by atoms with Crippen LogP contribution in [0.3, 0.4) is 0 Å². The maximum atomic E-state index is 10.4. The molecular weight excluding hydrogens is 440 g/mol. The van der Waals surface area contributed by atoms with Crippen LogP contribution in [0.25, 0.3) is 0 Å². The first-order valence-electron chi connectivity index (χ1n) is 5.78. The van der Waals surface area contributed by atoms with E-state index in [0.29, 0.717) is 12.1 Å². The number of phenolic OH excluding ortho intramolecular Hbond substituents is 4. The third-order valence-corrected chi connectivity index (χ3v) is 4.16. The average Bonchev–Trinajstić information content (AvgIpc) is 2.42. The van der Waals surface area contributed by atoms with E-state index < -0.39 is 41.5 Å². The van der Waals surface area contributed by atoms with Gasteiger partial charge < -0.3 is 40.5 Å². The summed E-state index contributed by atoms with van der Waals surface area (Å²) in [6.07, 6.45) is 0. The van der Waals surface area contributed by atoms with Crippen molar-refractivity contribution in [3.05, 3.63) is 36.4 Å². The van der Waals surface area contributed by atoms with Crippen LogP contribution in [-0.4, -0.2) is 95.1 Å². The molecule has 148 valence electrons. The molecule has 0 aromatic heterocycles. The van der Waals surface area contributed by atoms with Crippen molar-refractivity contribution in [2.24, 2.45) is 0 Å². The summed E-state index contributed by atoms with van der Waals surface area (Å²) in [7, 11) is -9.43. The van der Waals surface area contributed by atoms with Crippen LogP contribution in [0.4, 0.5) is 0 Å². The van der Waals surface area contributed by atoms with Crippen LogP contribution in [0.5, 0.6) is 23.0 Å². The molecule has 0 heterocycles. The van der Waals surface area contributed by atoms with Crippen molar-refractivity contribution in [1.82, 2.24) is 0 Å². The molecule has 0 aliphatic heterocycles. The zero-order chi connectivity index (χ0) is 18.7. The van der Waals surface area contributed by atoms with Gasteiger partial charge in [-0.15, -0.1) is 0 Å². The summed E-state index contributed by atoms with van der Waals surface area (Å²) in [5.41, 5.74) is 0. The molecule has 0 fully saturated rings. The van der Waals surface area contributed by atoms with Crippen LogP contribution in [0.2, 0.25) is 0 Å². The summed E-state index contributed by atoms with van der Waals surface area (Å²) < 4.78 is 62.3. The van der Waals surface area contributed by atoms with Crippen molar-refractivity contribution >= 4 is 58.0 Å². The second-order valence-corrected chi connectivity index (χ2v) is 6.91. The molecule has 0 atom stereocenters. The van der Waals surface area contributed by atoms with Gasteiger partial charge in [-0.1, -0.05) is 0 Å². The summed E-state index contributed by atoms with van der Waals surface area (Å²) in [6, 6.07) is 5.39. The topological polar surface area (TPSA) is 258 Å². The van der Waals surface area contributed by atoms with Crippen LogP contribution in [0.15, 0.2) is 46.2 Å². The minimum atomic E-state index is -4.72. The van der Waals surface area contributed by atoms with Gasteiger partial charge in [0.25, 0.3) is 0 Å². The van der Waals surface area contributed by atoms with Crippen molar-refractivity contribution in [3.8, 4) is 23.0 Å². The minimum absolute atomic E-state index is 0. The molecule has 0 bridgehead atoms. The van der Waals surface area contributed by atoms with Gasteiger partial charge in [0.2, 0.25) is 0 Å². The predicted octanol–water partition coefficient (Wildman–Crippen LogP) is -2.03. The Kier molecular flexibility index (Phi) is 12.9. The van der Waals surface area contributed by atoms with Gasteiger partial charge >= 0.3 is 37.7 Å². The number of phenols is 4. The van der Waals surface area contributed by atoms with E-state index in [-0.39, 0.29) is 60.2 Å². The summed E-state index contributed by atoms with van der Waals surface area (Å²) >= 11 is 0. The normalized spacial score (nSPS) is 10.1. The summed E-state index contributed by atoms with van der Waals surface area (Å²) in [5.74, 6) is -2.10. The monoisotopic (exact) mass is 454 g/mol. The molecule has 15 heteroatoms. The molecule has 12 nitrogen and oxygen atoms in total. The van der Waals surface area contributed by atoms with Crippen molar-refractivity contribution in [3.63, 3.8) is 0 Å². The SMILES string of the molecule is O.O.O=S(=O)([O-])c1cc(O)ccc1O.O=S(=O)([O-])c1cc(O)ccc1O.[Ca+2]. The predicted molar refractivity (Wildman–Crippen MR) is 88.5 cm³/mol. The fraction of sp³-hybridized carbons (Fsp3) is 0. The van der Waals surface area contributed by atoms with Crippen LogP contribution in [-0.2, 0) is 20.2 Å². The molecule has 0 amide bonds. The van der Waals surface area contributed by atoms with Gasteiger partial charge in [-0.3, -0.25) is 0 Å². The number of rotatable bonds is 2. The Bertz CT molecular complexity index is 877. The van der Waals surface area contributed by atoms with E-state index in [2.05, 4.69) is 0 Å². The zero-order valence-corrected chi connectivity index (χ0v) is 17.1. The fourth-order valence-corrected chi connectivity index (χ4v) is 2.58. The minimum Gasteiger partial charge on any atom is -0.744 e. The van der Waals surface area contributed by atoms with Gasteiger partial charge in [0, 0.05) is 12.1 Å². The van der Waals surface area contributed by atoms with Crippen LogP contribution >= 0.6 is 0 Å². The standard InChI is InChI=1S/2C6H6O5S.Ca.2H2O/c2*7-4-1-2-5(8)6(3-4)12(9,10)11;;;/h2*1-3,7-8H,(H,9,10,11);;2*1H2/q;;+2;;/p-2. The Morgan fingerprint density at radius 1 is 0.630 bits per heavy atom. The second-order valence-electron chi connectivity index (χ2n) is 4.21. The quantitative estimate of drug-likeness (QED) is 0.220. The van der Waals surface area contributed by atoms with Crippen LogP contribution < -0.4 is 0 Å². The molecule has 8 N–H and O–H groups in total. The van der Waals surface area contributed by atoms with Gasteiger partial charge in [0.15, 0.2) is 0 Å². The molecule has 0 spiro atoms. The number of hydrogen-bond donors (Lipinski definition) is 4. The maximum absolute atomic E-state index is 10.4. The van der Waals surface area contributed by atoms with Crippen molar-refractivity contribution in [2.75, 3.05) is 0 Å². The third kappa shape index (κ3) is 9.41. The van der Waals surface area contributed by atoms with Gasteiger partial charge in [-0.05, 0) is 24.3 Å². The molecule has 27 heavy (non-hydrogen) atoms. The van der Waals surface area contributed by atoms with Crippen molar-refractivity contribution < 1.29 is 57.3 Å². The second kappa shape index (κ2) is 11.5. The molecule has 2 aromatic rings. The third-order valence-electron chi connectivity index (χ3n) is 2.43. The van der Waals surface area contributed by atoms with Gasteiger partial charge in [0.05, 0.1) is 9.79 Å². The Balaban J connectivity index is -0.000000384. The molecule has 2 aromatic carbocycles. The summed E-state index contributed by atoms with van der Waals surface area (Å²) in [6.45, 7) is 0. The number of hydrogen-bond acceptors (Lipinski definition) is 10. The fourth-order valence-electron chi connectivity index (χ4n) is 1.41. The average molecular weight is 454 g/mol. The molecule has 0 saturated heterocycles.